The van der Waals surface area contributed by atoms with Gasteiger partial charge in [-0.2, -0.15) is 0 Å². The third-order valence-corrected chi connectivity index (χ3v) is 5.39. The molecule has 0 fully saturated rings. The third kappa shape index (κ3) is 4.67. The minimum atomic E-state index is -0.656. The number of pyridine rings is 1. The molecular formula is C22H18N4O4S. The maximum atomic E-state index is 12.5. The molecule has 2 heterocycles. The Morgan fingerprint density at radius 2 is 1.87 bits per heavy atom. The van der Waals surface area contributed by atoms with Gasteiger partial charge in [0.15, 0.2) is 0 Å². The lowest BCUT2D eigenvalue weighted by Crippen LogP contribution is -2.32. The van der Waals surface area contributed by atoms with Crippen LogP contribution in [0.4, 0.5) is 5.82 Å². The number of ether oxygens (including phenoxy) is 1. The summed E-state index contributed by atoms with van der Waals surface area (Å²) in [6.07, 6.45) is 0. The first-order valence-corrected chi connectivity index (χ1v) is 10.3. The lowest BCUT2D eigenvalue weighted by molar-refractivity contribution is -0.113. The Labute approximate surface area is 180 Å². The molecular weight excluding hydrogens is 416 g/mol. The second kappa shape index (κ2) is 8.88. The standard InChI is InChI=1S/C22H18N4O4S/c1-30-16-9-7-15(8-10-16)26-18(12-19(27)25-22(26)29)24-20(28)13-31-21-11-6-14-4-2-3-5-17(14)23-21/h2-12H,13H2,1H3,(H,24,28)(H,25,27,29). The molecule has 0 saturated heterocycles. The minimum absolute atomic E-state index is 0.0644. The average molecular weight is 434 g/mol. The number of methoxy groups -OCH3 is 1. The molecule has 156 valence electrons. The fraction of sp³-hybridized carbons (Fsp3) is 0.0909. The molecule has 4 aromatic rings. The number of para-hydroxylation sites is 1. The van der Waals surface area contributed by atoms with Crippen LogP contribution >= 0.6 is 11.8 Å². The number of H-pyrrole nitrogens is 1. The summed E-state index contributed by atoms with van der Waals surface area (Å²) in [5.41, 5.74) is 0.0581. The Balaban J connectivity index is 1.54. The number of carbonyl (C=O) groups is 1. The Kier molecular flexibility index (Phi) is 5.85. The zero-order valence-electron chi connectivity index (χ0n) is 16.5. The van der Waals surface area contributed by atoms with Crippen LogP contribution in [0.25, 0.3) is 16.6 Å². The van der Waals surface area contributed by atoms with Crippen molar-refractivity contribution in [1.29, 1.82) is 0 Å². The SMILES string of the molecule is COc1ccc(-n2c(NC(=O)CSc3ccc4ccccc4n3)cc(=O)[nH]c2=O)cc1. The van der Waals surface area contributed by atoms with Crippen LogP contribution < -0.4 is 21.3 Å². The highest BCUT2D eigenvalue weighted by Crippen LogP contribution is 2.21. The number of fused-ring (bicyclic) bond motifs is 1. The molecule has 2 aromatic heterocycles. The minimum Gasteiger partial charge on any atom is -0.497 e. The molecule has 0 aliphatic heterocycles. The number of nitrogens with zero attached hydrogens (tertiary/aromatic N) is 2. The summed E-state index contributed by atoms with van der Waals surface area (Å²) in [4.78, 5) is 43.5. The summed E-state index contributed by atoms with van der Waals surface area (Å²) < 4.78 is 6.35. The van der Waals surface area contributed by atoms with E-state index in [2.05, 4.69) is 15.3 Å². The highest BCUT2D eigenvalue weighted by Gasteiger charge is 2.12. The highest BCUT2D eigenvalue weighted by molar-refractivity contribution is 7.99. The summed E-state index contributed by atoms with van der Waals surface area (Å²) >= 11 is 1.26. The second-order valence-electron chi connectivity index (χ2n) is 6.54. The largest absolute Gasteiger partial charge is 0.497 e. The Morgan fingerprint density at radius 3 is 2.65 bits per heavy atom. The average Bonchev–Trinajstić information content (AvgIpc) is 2.77. The van der Waals surface area contributed by atoms with E-state index in [1.54, 1.807) is 24.3 Å². The van der Waals surface area contributed by atoms with Crippen molar-refractivity contribution in [3.05, 3.63) is 87.6 Å². The number of thioether (sulfide) groups is 1. The van der Waals surface area contributed by atoms with E-state index in [1.165, 1.54) is 29.5 Å². The van der Waals surface area contributed by atoms with Crippen molar-refractivity contribution in [2.45, 2.75) is 5.03 Å². The number of rotatable bonds is 6. The van der Waals surface area contributed by atoms with E-state index in [0.29, 0.717) is 16.5 Å². The molecule has 31 heavy (non-hydrogen) atoms. The molecule has 0 bridgehead atoms. The van der Waals surface area contributed by atoms with E-state index in [0.717, 1.165) is 10.9 Å². The van der Waals surface area contributed by atoms with Crippen LogP contribution in [-0.2, 0) is 4.79 Å². The molecule has 0 spiro atoms. The van der Waals surface area contributed by atoms with Gasteiger partial charge in [0.25, 0.3) is 5.56 Å². The number of aromatic nitrogens is 3. The summed E-state index contributed by atoms with van der Waals surface area (Å²) in [5, 5.41) is 4.37. The van der Waals surface area contributed by atoms with E-state index >= 15 is 0 Å². The van der Waals surface area contributed by atoms with E-state index < -0.39 is 11.2 Å². The first-order chi connectivity index (χ1) is 15.0. The van der Waals surface area contributed by atoms with Crippen LogP contribution in [0.15, 0.2) is 81.3 Å². The van der Waals surface area contributed by atoms with Crippen LogP contribution in [0.1, 0.15) is 0 Å². The Hall–Kier alpha value is -3.85. The third-order valence-electron chi connectivity index (χ3n) is 4.46. The van der Waals surface area contributed by atoms with Gasteiger partial charge in [-0.1, -0.05) is 36.0 Å². The molecule has 0 atom stereocenters. The predicted molar refractivity (Wildman–Crippen MR) is 120 cm³/mol. The zero-order valence-corrected chi connectivity index (χ0v) is 17.3. The van der Waals surface area contributed by atoms with Gasteiger partial charge in [0, 0.05) is 11.5 Å². The quantitative estimate of drug-likeness (QED) is 0.452. The fourth-order valence-electron chi connectivity index (χ4n) is 3.02. The van der Waals surface area contributed by atoms with Crippen molar-refractivity contribution in [2.75, 3.05) is 18.2 Å². The Bertz CT molecular complexity index is 1360. The van der Waals surface area contributed by atoms with Gasteiger partial charge in [-0.3, -0.25) is 14.6 Å². The fourth-order valence-corrected chi connectivity index (χ4v) is 3.70. The van der Waals surface area contributed by atoms with Gasteiger partial charge in [-0.05, 0) is 36.4 Å². The topological polar surface area (TPSA) is 106 Å². The highest BCUT2D eigenvalue weighted by atomic mass is 32.2. The second-order valence-corrected chi connectivity index (χ2v) is 7.53. The molecule has 0 aliphatic rings. The molecule has 2 N–H and O–H groups in total. The normalized spacial score (nSPS) is 10.7. The van der Waals surface area contributed by atoms with Crippen molar-refractivity contribution in [1.82, 2.24) is 14.5 Å². The monoisotopic (exact) mass is 434 g/mol. The van der Waals surface area contributed by atoms with Crippen LogP contribution in [0.5, 0.6) is 5.75 Å². The molecule has 8 nitrogen and oxygen atoms in total. The smallest absolute Gasteiger partial charge is 0.334 e. The molecule has 4 rings (SSSR count). The number of aromatic amines is 1. The number of carbonyl (C=O) groups excluding carboxylic acids is 1. The predicted octanol–water partition coefficient (Wildman–Crippen LogP) is 2.81. The molecule has 0 aliphatic carbocycles. The zero-order chi connectivity index (χ0) is 21.8. The summed E-state index contributed by atoms with van der Waals surface area (Å²) in [7, 11) is 1.54. The number of anilines is 1. The van der Waals surface area contributed by atoms with Gasteiger partial charge in [0.05, 0.1) is 29.1 Å². The number of hydrogen-bond donors (Lipinski definition) is 2. The van der Waals surface area contributed by atoms with Crippen molar-refractivity contribution in [2.24, 2.45) is 0 Å². The molecule has 0 saturated carbocycles. The number of benzene rings is 2. The summed E-state index contributed by atoms with van der Waals surface area (Å²) in [6.45, 7) is 0. The Morgan fingerprint density at radius 1 is 1.10 bits per heavy atom. The van der Waals surface area contributed by atoms with Gasteiger partial charge >= 0.3 is 5.69 Å². The summed E-state index contributed by atoms with van der Waals surface area (Å²) in [6, 6.07) is 19.3. The van der Waals surface area contributed by atoms with Crippen molar-refractivity contribution >= 4 is 34.4 Å². The first-order valence-electron chi connectivity index (χ1n) is 9.33. The maximum absolute atomic E-state index is 12.5. The molecule has 1 amide bonds. The number of nitrogens with one attached hydrogen (secondary N) is 2. The van der Waals surface area contributed by atoms with Crippen molar-refractivity contribution in [3.63, 3.8) is 0 Å². The maximum Gasteiger partial charge on any atom is 0.334 e. The summed E-state index contributed by atoms with van der Waals surface area (Å²) in [5.74, 6) is 0.392. The van der Waals surface area contributed by atoms with Gasteiger partial charge in [0.1, 0.15) is 11.6 Å². The van der Waals surface area contributed by atoms with Gasteiger partial charge in [-0.15, -0.1) is 0 Å². The number of amides is 1. The van der Waals surface area contributed by atoms with Crippen LogP contribution in [-0.4, -0.2) is 33.3 Å². The van der Waals surface area contributed by atoms with Crippen LogP contribution in [0, 0.1) is 0 Å². The molecule has 9 heteroatoms. The van der Waals surface area contributed by atoms with Gasteiger partial charge in [0.2, 0.25) is 5.91 Å². The number of hydrogen-bond acceptors (Lipinski definition) is 6. The van der Waals surface area contributed by atoms with Gasteiger partial charge < -0.3 is 10.1 Å². The molecule has 0 unspecified atom stereocenters. The first kappa shape index (κ1) is 20.4. The van der Waals surface area contributed by atoms with Gasteiger partial charge in [-0.25, -0.2) is 14.3 Å². The van der Waals surface area contributed by atoms with E-state index in [9.17, 15) is 14.4 Å². The van der Waals surface area contributed by atoms with E-state index in [1.807, 2.05) is 36.4 Å². The van der Waals surface area contributed by atoms with Crippen molar-refractivity contribution in [3.8, 4) is 11.4 Å². The van der Waals surface area contributed by atoms with E-state index in [4.69, 9.17) is 4.74 Å². The van der Waals surface area contributed by atoms with Crippen LogP contribution in [0.3, 0.4) is 0 Å². The van der Waals surface area contributed by atoms with Crippen molar-refractivity contribution < 1.29 is 9.53 Å². The lowest BCUT2D eigenvalue weighted by atomic mass is 10.2. The van der Waals surface area contributed by atoms with Crippen LogP contribution in [0.2, 0.25) is 0 Å². The van der Waals surface area contributed by atoms with E-state index in [-0.39, 0.29) is 17.5 Å². The molecule has 2 aromatic carbocycles. The molecule has 0 radical (unpaired) electrons. The lowest BCUT2D eigenvalue weighted by Gasteiger charge is -2.13.